The van der Waals surface area contributed by atoms with Gasteiger partial charge in [-0.15, -0.1) is 0 Å². The monoisotopic (exact) mass is 325 g/mol. The molecule has 5 heteroatoms. The Morgan fingerprint density at radius 2 is 1.68 bits per heavy atom. The number of nitrogens with zero attached hydrogens (tertiary/aromatic N) is 1. The summed E-state index contributed by atoms with van der Waals surface area (Å²) < 4.78 is 13.2. The summed E-state index contributed by atoms with van der Waals surface area (Å²) in [6, 6.07) is 1.96. The number of rotatable bonds is 2. The molecule has 2 rings (SSSR count). The van der Waals surface area contributed by atoms with Crippen molar-refractivity contribution in [3.63, 3.8) is 0 Å². The molecular weight excluding hydrogens is 305 g/mol. The lowest BCUT2D eigenvalue weighted by molar-refractivity contribution is 0.00578. The molecule has 0 aromatic carbocycles. The molecule has 104 valence electrons. The van der Waals surface area contributed by atoms with E-state index in [4.69, 9.17) is 9.31 Å². The highest BCUT2D eigenvalue weighted by Crippen LogP contribution is 2.37. The topological polar surface area (TPSA) is 31.4 Å². The summed E-state index contributed by atoms with van der Waals surface area (Å²) in [6.07, 6.45) is 1.82. The molecule has 0 radical (unpaired) electrons. The Bertz CT molecular complexity index is 472. The molecule has 3 nitrogen and oxygen atoms in total. The van der Waals surface area contributed by atoms with Gasteiger partial charge >= 0.3 is 7.12 Å². The summed E-state index contributed by atoms with van der Waals surface area (Å²) in [7, 11) is -0.347. The molecule has 1 aromatic rings. The molecule has 1 fully saturated rings. The van der Waals surface area contributed by atoms with Crippen LogP contribution in [-0.4, -0.2) is 23.3 Å². The highest BCUT2D eigenvalue weighted by molar-refractivity contribution is 9.10. The van der Waals surface area contributed by atoms with E-state index < -0.39 is 0 Å². The quantitative estimate of drug-likeness (QED) is 0.782. The maximum atomic E-state index is 6.09. The largest absolute Gasteiger partial charge is 0.496 e. The maximum absolute atomic E-state index is 6.09. The van der Waals surface area contributed by atoms with Gasteiger partial charge in [0.15, 0.2) is 0 Å². The summed E-state index contributed by atoms with van der Waals surface area (Å²) in [6.45, 7) is 12.5. The predicted octanol–water partition coefficient (Wildman–Crippen LogP) is 3.27. The van der Waals surface area contributed by atoms with Crippen molar-refractivity contribution in [1.82, 2.24) is 4.98 Å². The number of hydrogen-bond donors (Lipinski definition) is 0. The molecule has 0 amide bonds. The number of halogens is 1. The lowest BCUT2D eigenvalue weighted by Crippen LogP contribution is -2.41. The maximum Gasteiger partial charge on any atom is 0.496 e. The van der Waals surface area contributed by atoms with Crippen LogP contribution >= 0.6 is 15.9 Å². The van der Waals surface area contributed by atoms with Gasteiger partial charge in [0.2, 0.25) is 0 Å². The second kappa shape index (κ2) is 4.87. The van der Waals surface area contributed by atoms with Crippen molar-refractivity contribution in [2.45, 2.75) is 58.7 Å². The second-order valence-electron chi connectivity index (χ2n) is 6.34. The van der Waals surface area contributed by atoms with Crippen LogP contribution in [0.15, 0.2) is 16.7 Å². The average Bonchev–Trinajstić information content (AvgIpc) is 2.47. The van der Waals surface area contributed by atoms with Crippen LogP contribution in [0.5, 0.6) is 0 Å². The van der Waals surface area contributed by atoms with Crippen LogP contribution < -0.4 is 5.46 Å². The first-order chi connectivity index (χ1) is 8.66. The van der Waals surface area contributed by atoms with Gasteiger partial charge in [0.25, 0.3) is 0 Å². The Morgan fingerprint density at radius 1 is 1.16 bits per heavy atom. The minimum atomic E-state index is -0.347. The van der Waals surface area contributed by atoms with Crippen LogP contribution in [0.3, 0.4) is 0 Å². The Labute approximate surface area is 124 Å². The molecule has 0 aliphatic carbocycles. The standard InChI is InChI=1S/C14H21BBrNO2/c1-9(2)12-11(16)10(7-8-17-12)15-18-13(3,4)14(5,6)19-15/h7-9H,1-6H3. The van der Waals surface area contributed by atoms with Gasteiger partial charge in [-0.3, -0.25) is 4.98 Å². The zero-order valence-corrected chi connectivity index (χ0v) is 14.0. The molecule has 1 aliphatic heterocycles. The van der Waals surface area contributed by atoms with Crippen LogP contribution in [0.2, 0.25) is 0 Å². The van der Waals surface area contributed by atoms with E-state index >= 15 is 0 Å². The van der Waals surface area contributed by atoms with E-state index in [9.17, 15) is 0 Å². The molecule has 0 atom stereocenters. The third kappa shape index (κ3) is 2.60. The number of pyridine rings is 1. The van der Waals surface area contributed by atoms with Gasteiger partial charge in [-0.2, -0.15) is 0 Å². The third-order valence-corrected chi connectivity index (χ3v) is 4.86. The zero-order valence-electron chi connectivity index (χ0n) is 12.5. The second-order valence-corrected chi connectivity index (χ2v) is 7.14. The van der Waals surface area contributed by atoms with E-state index in [1.807, 2.05) is 12.3 Å². The van der Waals surface area contributed by atoms with Gasteiger partial charge in [-0.25, -0.2) is 0 Å². The highest BCUT2D eigenvalue weighted by atomic mass is 79.9. The van der Waals surface area contributed by atoms with Crippen molar-refractivity contribution < 1.29 is 9.31 Å². The van der Waals surface area contributed by atoms with Crippen LogP contribution in [-0.2, 0) is 9.31 Å². The van der Waals surface area contributed by atoms with E-state index in [0.717, 1.165) is 15.6 Å². The van der Waals surface area contributed by atoms with Crippen LogP contribution in [0.1, 0.15) is 53.2 Å². The fourth-order valence-corrected chi connectivity index (χ4v) is 2.91. The molecule has 2 heterocycles. The molecule has 0 saturated carbocycles. The first kappa shape index (κ1) is 15.0. The minimum Gasteiger partial charge on any atom is -0.399 e. The van der Waals surface area contributed by atoms with Crippen LogP contribution in [0, 0.1) is 0 Å². The van der Waals surface area contributed by atoms with Gasteiger partial charge in [0.05, 0.1) is 16.9 Å². The van der Waals surface area contributed by atoms with E-state index in [-0.39, 0.29) is 18.3 Å². The minimum absolute atomic E-state index is 0.321. The molecular formula is C14H21BBrNO2. The number of hydrogen-bond acceptors (Lipinski definition) is 3. The average molecular weight is 326 g/mol. The summed E-state index contributed by atoms with van der Waals surface area (Å²) >= 11 is 3.64. The normalized spacial score (nSPS) is 21.2. The first-order valence-corrected chi connectivity index (χ1v) is 7.45. The molecule has 0 spiro atoms. The molecule has 0 bridgehead atoms. The fraction of sp³-hybridized carbons (Fsp3) is 0.643. The molecule has 1 aromatic heterocycles. The van der Waals surface area contributed by atoms with Crippen LogP contribution in [0.25, 0.3) is 0 Å². The Balaban J connectivity index is 2.38. The van der Waals surface area contributed by atoms with E-state index in [2.05, 4.69) is 62.5 Å². The Kier molecular flexibility index (Phi) is 3.84. The molecule has 19 heavy (non-hydrogen) atoms. The van der Waals surface area contributed by atoms with Gasteiger partial charge in [-0.1, -0.05) is 13.8 Å². The lowest BCUT2D eigenvalue weighted by Gasteiger charge is -2.32. The molecule has 0 unspecified atom stereocenters. The van der Waals surface area contributed by atoms with Crippen molar-refractivity contribution in [3.05, 3.63) is 22.4 Å². The fourth-order valence-electron chi connectivity index (χ4n) is 2.03. The molecule has 1 saturated heterocycles. The Hall–Kier alpha value is -0.385. The highest BCUT2D eigenvalue weighted by Gasteiger charge is 2.52. The van der Waals surface area contributed by atoms with Crippen molar-refractivity contribution >= 4 is 28.5 Å². The summed E-state index contributed by atoms with van der Waals surface area (Å²) in [5.74, 6) is 0.358. The van der Waals surface area contributed by atoms with E-state index in [0.29, 0.717) is 5.92 Å². The molecule has 0 N–H and O–H groups in total. The van der Waals surface area contributed by atoms with Gasteiger partial charge in [0, 0.05) is 10.7 Å². The van der Waals surface area contributed by atoms with E-state index in [1.54, 1.807) is 0 Å². The summed E-state index contributed by atoms with van der Waals surface area (Å²) in [5.41, 5.74) is 1.40. The van der Waals surface area contributed by atoms with Crippen molar-refractivity contribution in [3.8, 4) is 0 Å². The summed E-state index contributed by atoms with van der Waals surface area (Å²) in [5, 5.41) is 0. The lowest BCUT2D eigenvalue weighted by atomic mass is 9.79. The zero-order chi connectivity index (χ0) is 14.4. The predicted molar refractivity (Wildman–Crippen MR) is 81.7 cm³/mol. The smallest absolute Gasteiger partial charge is 0.399 e. The van der Waals surface area contributed by atoms with Crippen molar-refractivity contribution in [1.29, 1.82) is 0 Å². The van der Waals surface area contributed by atoms with Gasteiger partial charge < -0.3 is 9.31 Å². The first-order valence-electron chi connectivity index (χ1n) is 6.65. The summed E-state index contributed by atoms with van der Waals surface area (Å²) in [4.78, 5) is 4.42. The van der Waals surface area contributed by atoms with Gasteiger partial charge in [-0.05, 0) is 61.1 Å². The van der Waals surface area contributed by atoms with Crippen molar-refractivity contribution in [2.75, 3.05) is 0 Å². The SMILES string of the molecule is CC(C)c1nccc(B2OC(C)(C)C(C)(C)O2)c1Br. The third-order valence-electron chi connectivity index (χ3n) is 4.00. The van der Waals surface area contributed by atoms with E-state index in [1.165, 1.54) is 0 Å². The van der Waals surface area contributed by atoms with Gasteiger partial charge in [0.1, 0.15) is 0 Å². The number of aromatic nitrogens is 1. The molecule has 1 aliphatic rings. The van der Waals surface area contributed by atoms with Crippen LogP contribution in [0.4, 0.5) is 0 Å². The van der Waals surface area contributed by atoms with Crippen molar-refractivity contribution in [2.24, 2.45) is 0 Å². The Morgan fingerprint density at radius 3 is 2.16 bits per heavy atom.